The molecule has 154 valence electrons. The number of pyridine rings is 1. The zero-order valence-corrected chi connectivity index (χ0v) is 18.4. The highest BCUT2D eigenvalue weighted by molar-refractivity contribution is 6.62. The first-order valence-corrected chi connectivity index (χ1v) is 10.1. The fourth-order valence-electron chi connectivity index (χ4n) is 3.41. The molecule has 1 aromatic rings. The maximum absolute atomic E-state index is 12.2. The van der Waals surface area contributed by atoms with Crippen molar-refractivity contribution < 1.29 is 18.8 Å². The van der Waals surface area contributed by atoms with Crippen LogP contribution in [-0.4, -0.2) is 53.0 Å². The van der Waals surface area contributed by atoms with Gasteiger partial charge >= 0.3 is 13.2 Å². The van der Waals surface area contributed by atoms with Gasteiger partial charge in [0.15, 0.2) is 0 Å². The van der Waals surface area contributed by atoms with Crippen LogP contribution in [0.15, 0.2) is 18.3 Å². The second-order valence-corrected chi connectivity index (χ2v) is 10.0. The SMILES string of the molecule is CN(C(=O)OC(C)(C)C)C1CC(c2ccc(B3OC(C)(C)C(C)(C)O3)cn2)C1. The van der Waals surface area contributed by atoms with Crippen molar-refractivity contribution in [3.05, 3.63) is 24.0 Å². The minimum absolute atomic E-state index is 0.199. The van der Waals surface area contributed by atoms with E-state index in [0.717, 1.165) is 24.0 Å². The van der Waals surface area contributed by atoms with Crippen LogP contribution in [0.4, 0.5) is 4.79 Å². The number of aromatic nitrogens is 1. The van der Waals surface area contributed by atoms with Crippen LogP contribution < -0.4 is 5.46 Å². The molecule has 28 heavy (non-hydrogen) atoms. The molecule has 1 aliphatic carbocycles. The molecular weight excluding hydrogens is 355 g/mol. The van der Waals surface area contributed by atoms with Crippen LogP contribution in [0.3, 0.4) is 0 Å². The zero-order chi connectivity index (χ0) is 20.9. The van der Waals surface area contributed by atoms with Crippen molar-refractivity contribution in [1.29, 1.82) is 0 Å². The molecule has 0 bridgehead atoms. The average Bonchev–Trinajstić information content (AvgIpc) is 2.73. The summed E-state index contributed by atoms with van der Waals surface area (Å²) >= 11 is 0. The highest BCUT2D eigenvalue weighted by atomic mass is 16.7. The van der Waals surface area contributed by atoms with Crippen molar-refractivity contribution in [2.45, 2.75) is 90.1 Å². The van der Waals surface area contributed by atoms with Crippen LogP contribution in [0.25, 0.3) is 0 Å². The van der Waals surface area contributed by atoms with E-state index in [1.165, 1.54) is 0 Å². The Morgan fingerprint density at radius 1 is 1.18 bits per heavy atom. The first-order chi connectivity index (χ1) is 12.8. The molecule has 6 nitrogen and oxygen atoms in total. The lowest BCUT2D eigenvalue weighted by atomic mass is 9.76. The minimum atomic E-state index is -0.473. The van der Waals surface area contributed by atoms with E-state index in [9.17, 15) is 4.79 Å². The maximum Gasteiger partial charge on any atom is 0.496 e. The summed E-state index contributed by atoms with van der Waals surface area (Å²) < 4.78 is 17.6. The van der Waals surface area contributed by atoms with E-state index in [0.29, 0.717) is 5.92 Å². The predicted molar refractivity (Wildman–Crippen MR) is 110 cm³/mol. The van der Waals surface area contributed by atoms with E-state index < -0.39 is 5.60 Å². The van der Waals surface area contributed by atoms with Gasteiger partial charge in [0, 0.05) is 36.4 Å². The van der Waals surface area contributed by atoms with Gasteiger partial charge in [-0.05, 0) is 67.4 Å². The summed E-state index contributed by atoms with van der Waals surface area (Å²) in [5, 5.41) is 0. The van der Waals surface area contributed by atoms with E-state index in [4.69, 9.17) is 14.0 Å². The fraction of sp³-hybridized carbons (Fsp3) is 0.714. The van der Waals surface area contributed by atoms with Crippen molar-refractivity contribution in [2.24, 2.45) is 0 Å². The zero-order valence-electron chi connectivity index (χ0n) is 18.4. The highest BCUT2D eigenvalue weighted by Crippen LogP contribution is 2.39. The van der Waals surface area contributed by atoms with E-state index >= 15 is 0 Å². The monoisotopic (exact) mass is 388 g/mol. The number of hydrogen-bond acceptors (Lipinski definition) is 5. The third-order valence-corrected chi connectivity index (χ3v) is 6.10. The third kappa shape index (κ3) is 4.20. The Bertz CT molecular complexity index is 705. The normalized spacial score (nSPS) is 25.9. The smallest absolute Gasteiger partial charge is 0.444 e. The Labute approximate surface area is 169 Å². The molecule has 1 saturated carbocycles. The Morgan fingerprint density at radius 3 is 2.21 bits per heavy atom. The van der Waals surface area contributed by atoms with E-state index in [-0.39, 0.29) is 30.5 Å². The van der Waals surface area contributed by atoms with E-state index in [1.807, 2.05) is 67.8 Å². The first kappa shape index (κ1) is 21.1. The molecule has 0 radical (unpaired) electrons. The van der Waals surface area contributed by atoms with Gasteiger partial charge in [-0.2, -0.15) is 0 Å². The second-order valence-electron chi connectivity index (χ2n) is 10.0. The summed E-state index contributed by atoms with van der Waals surface area (Å²) in [5.74, 6) is 0.363. The topological polar surface area (TPSA) is 60.9 Å². The third-order valence-electron chi connectivity index (χ3n) is 6.10. The lowest BCUT2D eigenvalue weighted by Gasteiger charge is -2.41. The van der Waals surface area contributed by atoms with Gasteiger partial charge in [0.05, 0.1) is 11.2 Å². The summed E-state index contributed by atoms with van der Waals surface area (Å²) in [5.41, 5.74) is 0.797. The van der Waals surface area contributed by atoms with Crippen LogP contribution in [0, 0.1) is 0 Å². The highest BCUT2D eigenvalue weighted by Gasteiger charge is 2.51. The molecule has 1 amide bonds. The Kier molecular flexibility index (Phi) is 5.30. The first-order valence-electron chi connectivity index (χ1n) is 10.1. The van der Waals surface area contributed by atoms with Crippen LogP contribution >= 0.6 is 0 Å². The summed E-state index contributed by atoms with van der Waals surface area (Å²) in [6.45, 7) is 13.8. The summed E-state index contributed by atoms with van der Waals surface area (Å²) in [6.07, 6.45) is 3.39. The molecule has 2 aliphatic rings. The molecule has 0 spiro atoms. The lowest BCUT2D eigenvalue weighted by molar-refractivity contribution is 0.00578. The molecule has 0 atom stereocenters. The number of ether oxygens (including phenoxy) is 1. The van der Waals surface area contributed by atoms with Gasteiger partial charge in [-0.15, -0.1) is 0 Å². The van der Waals surface area contributed by atoms with Crippen molar-refractivity contribution >= 4 is 18.7 Å². The standard InChI is InChI=1S/C21H33BN2O4/c1-19(2,3)26-18(25)24(8)16-11-14(12-16)17-10-9-15(13-23-17)22-27-20(4,5)21(6,7)28-22/h9-10,13-14,16H,11-12H2,1-8H3. The largest absolute Gasteiger partial charge is 0.496 e. The van der Waals surface area contributed by atoms with E-state index in [2.05, 4.69) is 11.1 Å². The Hall–Kier alpha value is -1.60. The molecule has 1 aliphatic heterocycles. The number of nitrogens with zero attached hydrogens (tertiary/aromatic N) is 2. The van der Waals surface area contributed by atoms with Crippen LogP contribution in [0.2, 0.25) is 0 Å². The minimum Gasteiger partial charge on any atom is -0.444 e. The van der Waals surface area contributed by atoms with Crippen molar-refractivity contribution in [2.75, 3.05) is 7.05 Å². The van der Waals surface area contributed by atoms with Gasteiger partial charge < -0.3 is 18.9 Å². The van der Waals surface area contributed by atoms with Gasteiger partial charge in [0.25, 0.3) is 0 Å². The molecule has 0 N–H and O–H groups in total. The summed E-state index contributed by atoms with van der Waals surface area (Å²) in [4.78, 5) is 18.5. The van der Waals surface area contributed by atoms with E-state index in [1.54, 1.807) is 4.90 Å². The molecule has 2 heterocycles. The number of rotatable bonds is 3. The number of hydrogen-bond donors (Lipinski definition) is 0. The quantitative estimate of drug-likeness (QED) is 0.742. The van der Waals surface area contributed by atoms with Crippen molar-refractivity contribution in [3.63, 3.8) is 0 Å². The van der Waals surface area contributed by atoms with Crippen molar-refractivity contribution in [1.82, 2.24) is 9.88 Å². The molecular formula is C21H33BN2O4. The second kappa shape index (κ2) is 7.03. The van der Waals surface area contributed by atoms with Crippen LogP contribution in [-0.2, 0) is 14.0 Å². The van der Waals surface area contributed by atoms with Gasteiger partial charge in [-0.1, -0.05) is 6.07 Å². The van der Waals surface area contributed by atoms with Gasteiger partial charge in [-0.25, -0.2) is 4.79 Å². The molecule has 0 unspecified atom stereocenters. The maximum atomic E-state index is 12.2. The molecule has 2 fully saturated rings. The molecule has 3 rings (SSSR count). The summed E-state index contributed by atoms with van der Waals surface area (Å²) in [6, 6.07) is 4.29. The fourth-order valence-corrected chi connectivity index (χ4v) is 3.41. The van der Waals surface area contributed by atoms with Gasteiger partial charge in [-0.3, -0.25) is 4.98 Å². The Morgan fingerprint density at radius 2 is 1.75 bits per heavy atom. The lowest BCUT2D eigenvalue weighted by Crippen LogP contribution is -2.46. The Balaban J connectivity index is 1.56. The van der Waals surface area contributed by atoms with Crippen LogP contribution in [0.1, 0.15) is 72.9 Å². The summed E-state index contributed by atoms with van der Waals surface area (Å²) in [7, 11) is 1.42. The predicted octanol–water partition coefficient (Wildman–Crippen LogP) is 3.49. The number of carbonyl (C=O) groups excluding carboxylic acids is 1. The molecule has 1 aromatic heterocycles. The van der Waals surface area contributed by atoms with Crippen molar-refractivity contribution in [3.8, 4) is 0 Å². The van der Waals surface area contributed by atoms with Gasteiger partial charge in [0.2, 0.25) is 0 Å². The van der Waals surface area contributed by atoms with Crippen LogP contribution in [0.5, 0.6) is 0 Å². The average molecular weight is 388 g/mol. The number of amides is 1. The van der Waals surface area contributed by atoms with Gasteiger partial charge in [0.1, 0.15) is 5.60 Å². The molecule has 0 aromatic carbocycles. The molecule has 7 heteroatoms. The molecule has 1 saturated heterocycles. The number of carbonyl (C=O) groups is 1.